The quantitative estimate of drug-likeness (QED) is 0.674. The first-order chi connectivity index (χ1) is 15.2. The normalized spacial score (nSPS) is 18.5. The highest BCUT2D eigenvalue weighted by Gasteiger charge is 2.34. The van der Waals surface area contributed by atoms with E-state index in [-0.39, 0.29) is 17.7 Å². The highest BCUT2D eigenvalue weighted by Crippen LogP contribution is 2.38. The van der Waals surface area contributed by atoms with E-state index in [1.807, 2.05) is 23.1 Å². The van der Waals surface area contributed by atoms with Gasteiger partial charge in [0.2, 0.25) is 5.91 Å². The minimum atomic E-state index is -0.256. The van der Waals surface area contributed by atoms with Crippen molar-refractivity contribution in [3.8, 4) is 0 Å². The van der Waals surface area contributed by atoms with Crippen LogP contribution in [0.2, 0.25) is 0 Å². The topological polar surface area (TPSA) is 91.6 Å². The zero-order chi connectivity index (χ0) is 21.2. The van der Waals surface area contributed by atoms with Gasteiger partial charge in [0.15, 0.2) is 5.13 Å². The molecule has 1 aliphatic carbocycles. The number of pyridine rings is 1. The Labute approximate surface area is 183 Å². The first kappa shape index (κ1) is 19.7. The van der Waals surface area contributed by atoms with Crippen LogP contribution in [-0.2, 0) is 11.2 Å². The number of thiazole rings is 1. The number of hydrogen-bond acceptors (Lipinski definition) is 7. The van der Waals surface area contributed by atoms with Gasteiger partial charge in [-0.3, -0.25) is 14.9 Å². The third kappa shape index (κ3) is 4.05. The molecule has 3 aromatic heterocycles. The van der Waals surface area contributed by atoms with Crippen molar-refractivity contribution in [1.29, 1.82) is 0 Å². The predicted octanol–water partition coefficient (Wildman–Crippen LogP) is 3.15. The first-order valence-corrected chi connectivity index (χ1v) is 11.3. The van der Waals surface area contributed by atoms with Crippen LogP contribution >= 0.6 is 11.3 Å². The van der Waals surface area contributed by atoms with Gasteiger partial charge >= 0.3 is 0 Å². The summed E-state index contributed by atoms with van der Waals surface area (Å²) < 4.78 is 4.97. The fraction of sp³-hybridized carbons (Fsp3) is 0.364. The average Bonchev–Trinajstić information content (AvgIpc) is 3.49. The first-order valence-electron chi connectivity index (χ1n) is 10.5. The van der Waals surface area contributed by atoms with Crippen LogP contribution in [0.15, 0.2) is 47.4 Å². The van der Waals surface area contributed by atoms with Gasteiger partial charge < -0.3 is 14.2 Å². The second-order valence-electron chi connectivity index (χ2n) is 7.74. The SMILES string of the molecule is O=C(Nc1nc2c(s1)CCCC2C(=O)N1CCN(c2ccccn2)CC1)c1ccoc1. The van der Waals surface area contributed by atoms with E-state index in [1.54, 1.807) is 12.3 Å². The Kier molecular flexibility index (Phi) is 5.42. The molecule has 0 saturated carbocycles. The van der Waals surface area contributed by atoms with Gasteiger partial charge in [0, 0.05) is 37.3 Å². The number of aromatic nitrogens is 2. The number of fused-ring (bicyclic) bond motifs is 1. The lowest BCUT2D eigenvalue weighted by Crippen LogP contribution is -2.50. The number of piperazine rings is 1. The molecule has 3 aromatic rings. The van der Waals surface area contributed by atoms with Crippen molar-refractivity contribution in [3.63, 3.8) is 0 Å². The second kappa shape index (κ2) is 8.50. The molecule has 1 saturated heterocycles. The molecule has 2 amide bonds. The van der Waals surface area contributed by atoms with Gasteiger partial charge in [-0.15, -0.1) is 11.3 Å². The van der Waals surface area contributed by atoms with E-state index in [4.69, 9.17) is 4.42 Å². The van der Waals surface area contributed by atoms with Crippen molar-refractivity contribution in [3.05, 3.63) is 59.1 Å². The summed E-state index contributed by atoms with van der Waals surface area (Å²) in [5.41, 5.74) is 1.28. The molecule has 5 rings (SSSR count). The zero-order valence-electron chi connectivity index (χ0n) is 17.0. The largest absolute Gasteiger partial charge is 0.472 e. The summed E-state index contributed by atoms with van der Waals surface area (Å²) in [6.45, 7) is 2.89. The molecule has 1 atom stereocenters. The predicted molar refractivity (Wildman–Crippen MR) is 117 cm³/mol. The highest BCUT2D eigenvalue weighted by molar-refractivity contribution is 7.16. The Balaban J connectivity index is 1.26. The Bertz CT molecular complexity index is 1060. The molecule has 31 heavy (non-hydrogen) atoms. The third-order valence-electron chi connectivity index (χ3n) is 5.82. The van der Waals surface area contributed by atoms with Gasteiger partial charge in [-0.25, -0.2) is 9.97 Å². The van der Waals surface area contributed by atoms with E-state index in [2.05, 4.69) is 20.2 Å². The van der Waals surface area contributed by atoms with E-state index in [9.17, 15) is 9.59 Å². The molecular formula is C22H23N5O3S. The molecule has 0 spiro atoms. The summed E-state index contributed by atoms with van der Waals surface area (Å²) >= 11 is 1.47. The number of aryl methyl sites for hydroxylation is 1. The van der Waals surface area contributed by atoms with Crippen LogP contribution in [0.3, 0.4) is 0 Å². The number of carbonyl (C=O) groups is 2. The van der Waals surface area contributed by atoms with Crippen LogP contribution in [0.1, 0.15) is 39.7 Å². The van der Waals surface area contributed by atoms with Crippen molar-refractivity contribution in [2.45, 2.75) is 25.2 Å². The summed E-state index contributed by atoms with van der Waals surface area (Å²) in [5.74, 6) is 0.598. The highest BCUT2D eigenvalue weighted by atomic mass is 32.1. The second-order valence-corrected chi connectivity index (χ2v) is 8.82. The maximum atomic E-state index is 13.3. The Morgan fingerprint density at radius 1 is 1.16 bits per heavy atom. The Morgan fingerprint density at radius 3 is 2.77 bits per heavy atom. The maximum Gasteiger partial charge on any atom is 0.260 e. The molecule has 4 heterocycles. The molecule has 0 radical (unpaired) electrons. The number of nitrogens with one attached hydrogen (secondary N) is 1. The fourth-order valence-corrected chi connectivity index (χ4v) is 5.25. The molecule has 1 aliphatic heterocycles. The minimum absolute atomic E-state index is 0.139. The van der Waals surface area contributed by atoms with Gasteiger partial charge in [0.05, 0.1) is 23.4 Å². The Hall–Kier alpha value is -3.20. The molecule has 160 valence electrons. The Morgan fingerprint density at radius 2 is 2.03 bits per heavy atom. The fourth-order valence-electron chi connectivity index (χ4n) is 4.19. The summed E-state index contributed by atoms with van der Waals surface area (Å²) in [6.07, 6.45) is 7.30. The number of rotatable bonds is 4. The summed E-state index contributed by atoms with van der Waals surface area (Å²) in [6, 6.07) is 7.50. The molecule has 0 aromatic carbocycles. The van der Waals surface area contributed by atoms with Gasteiger partial charge in [-0.1, -0.05) is 6.07 Å². The molecular weight excluding hydrogens is 414 g/mol. The molecule has 0 bridgehead atoms. The number of nitrogens with zero attached hydrogens (tertiary/aromatic N) is 4. The zero-order valence-corrected chi connectivity index (χ0v) is 17.8. The molecule has 8 nitrogen and oxygen atoms in total. The van der Waals surface area contributed by atoms with Gasteiger partial charge in [0.25, 0.3) is 5.91 Å². The van der Waals surface area contributed by atoms with E-state index in [1.165, 1.54) is 23.9 Å². The van der Waals surface area contributed by atoms with Crippen LogP contribution in [0.25, 0.3) is 0 Å². The molecule has 9 heteroatoms. The van der Waals surface area contributed by atoms with Crippen molar-refractivity contribution >= 4 is 34.1 Å². The molecule has 1 unspecified atom stereocenters. The van der Waals surface area contributed by atoms with Crippen molar-refractivity contribution in [1.82, 2.24) is 14.9 Å². The average molecular weight is 438 g/mol. The van der Waals surface area contributed by atoms with E-state index >= 15 is 0 Å². The molecule has 2 aliphatic rings. The third-order valence-corrected chi connectivity index (χ3v) is 6.87. The summed E-state index contributed by atoms with van der Waals surface area (Å²) in [5, 5.41) is 3.37. The lowest BCUT2D eigenvalue weighted by atomic mass is 9.89. The summed E-state index contributed by atoms with van der Waals surface area (Å²) in [4.78, 5) is 40.0. The van der Waals surface area contributed by atoms with Crippen LogP contribution in [0.5, 0.6) is 0 Å². The van der Waals surface area contributed by atoms with E-state index < -0.39 is 0 Å². The van der Waals surface area contributed by atoms with Crippen LogP contribution in [0, 0.1) is 0 Å². The van der Waals surface area contributed by atoms with E-state index in [0.29, 0.717) is 23.8 Å². The minimum Gasteiger partial charge on any atom is -0.472 e. The van der Waals surface area contributed by atoms with Crippen molar-refractivity contribution < 1.29 is 14.0 Å². The summed E-state index contributed by atoms with van der Waals surface area (Å²) in [7, 11) is 0. The van der Waals surface area contributed by atoms with E-state index in [0.717, 1.165) is 48.7 Å². The van der Waals surface area contributed by atoms with Crippen molar-refractivity contribution in [2.75, 3.05) is 36.4 Å². The number of amides is 2. The van der Waals surface area contributed by atoms with Crippen LogP contribution in [0.4, 0.5) is 10.9 Å². The molecule has 1 fully saturated rings. The molecule has 1 N–H and O–H groups in total. The smallest absolute Gasteiger partial charge is 0.260 e. The number of hydrogen-bond donors (Lipinski definition) is 1. The van der Waals surface area contributed by atoms with Gasteiger partial charge in [-0.2, -0.15) is 0 Å². The van der Waals surface area contributed by atoms with Crippen LogP contribution < -0.4 is 10.2 Å². The lowest BCUT2D eigenvalue weighted by Gasteiger charge is -2.37. The number of carbonyl (C=O) groups excluding carboxylic acids is 2. The number of furan rings is 1. The lowest BCUT2D eigenvalue weighted by molar-refractivity contribution is -0.133. The standard InChI is InChI=1S/C22H23N5O3S/c28-20(15-7-13-30-14-15)25-22-24-19-16(4-3-5-17(19)31-22)21(29)27-11-9-26(10-12-27)18-6-1-2-8-23-18/h1-2,6-8,13-14,16H,3-5,9-12H2,(H,24,25,28). The van der Waals surface area contributed by atoms with Crippen LogP contribution in [-0.4, -0.2) is 52.9 Å². The monoisotopic (exact) mass is 437 g/mol. The van der Waals surface area contributed by atoms with Crippen molar-refractivity contribution in [2.24, 2.45) is 0 Å². The van der Waals surface area contributed by atoms with Gasteiger partial charge in [-0.05, 0) is 37.5 Å². The number of anilines is 2. The van der Waals surface area contributed by atoms with Gasteiger partial charge in [0.1, 0.15) is 12.1 Å². The maximum absolute atomic E-state index is 13.3.